The largest absolute Gasteiger partial charge is 0.508 e. The molecule has 1 N–H and O–H groups in total. The number of phenolic OH excluding ortho intramolecular Hbond substituents is 1. The van der Waals surface area contributed by atoms with Gasteiger partial charge < -0.3 is 9.84 Å². The quantitative estimate of drug-likeness (QED) is 0.488. The van der Waals surface area contributed by atoms with Crippen molar-refractivity contribution in [3.63, 3.8) is 0 Å². The third-order valence-electron chi connectivity index (χ3n) is 3.27. The molecule has 0 heterocycles. The van der Waals surface area contributed by atoms with Crippen molar-refractivity contribution in [1.29, 1.82) is 0 Å². The molecule has 0 aliphatic rings. The molecule has 0 spiro atoms. The summed E-state index contributed by atoms with van der Waals surface area (Å²) in [6, 6.07) is 14.9. The minimum absolute atomic E-state index is 0.255. The lowest BCUT2D eigenvalue weighted by Gasteiger charge is -2.03. The fraction of sp³-hybridized carbons (Fsp3) is 0.211. The van der Waals surface area contributed by atoms with E-state index in [0.29, 0.717) is 6.61 Å². The van der Waals surface area contributed by atoms with Crippen molar-refractivity contribution >= 4 is 12.0 Å². The van der Waals surface area contributed by atoms with Gasteiger partial charge in [0, 0.05) is 6.08 Å². The molecule has 3 nitrogen and oxygen atoms in total. The summed E-state index contributed by atoms with van der Waals surface area (Å²) in [6.07, 6.45) is 5.09. The van der Waals surface area contributed by atoms with Crippen LogP contribution in [-0.2, 0) is 9.53 Å². The zero-order valence-electron chi connectivity index (χ0n) is 12.7. The van der Waals surface area contributed by atoms with Crippen LogP contribution in [0.3, 0.4) is 0 Å². The number of phenols is 1. The van der Waals surface area contributed by atoms with Crippen molar-refractivity contribution in [2.24, 2.45) is 0 Å². The number of hydrogen-bond acceptors (Lipinski definition) is 3. The van der Waals surface area contributed by atoms with Crippen LogP contribution in [0, 0.1) is 0 Å². The fourth-order valence-corrected chi connectivity index (χ4v) is 1.97. The summed E-state index contributed by atoms with van der Waals surface area (Å²) in [5.74, 6) is -0.0547. The fourth-order valence-electron chi connectivity index (χ4n) is 1.97. The molecule has 0 radical (unpaired) electrons. The standard InChI is InChI=1S/C19H20O3/c1-2-3-14-22-19(21)13-6-15-4-7-16(8-5-15)17-9-11-18(20)12-10-17/h4-13,20H,2-3,14H2,1H3/b13-6+. The second-order valence-electron chi connectivity index (χ2n) is 5.02. The van der Waals surface area contributed by atoms with Gasteiger partial charge in [-0.2, -0.15) is 0 Å². The molecule has 0 atom stereocenters. The molecule has 0 unspecified atom stereocenters. The van der Waals surface area contributed by atoms with Crippen LogP contribution in [0.25, 0.3) is 17.2 Å². The van der Waals surface area contributed by atoms with E-state index in [1.807, 2.05) is 36.4 Å². The summed E-state index contributed by atoms with van der Waals surface area (Å²) in [6.45, 7) is 2.53. The molecule has 3 heteroatoms. The highest BCUT2D eigenvalue weighted by Gasteiger charge is 1.99. The van der Waals surface area contributed by atoms with Crippen LogP contribution in [0.5, 0.6) is 5.75 Å². The predicted molar refractivity (Wildman–Crippen MR) is 88.4 cm³/mol. The Morgan fingerprint density at radius 2 is 1.64 bits per heavy atom. The van der Waals surface area contributed by atoms with Gasteiger partial charge in [-0.25, -0.2) is 4.79 Å². The van der Waals surface area contributed by atoms with Gasteiger partial charge in [0.15, 0.2) is 0 Å². The Labute approximate surface area is 130 Å². The summed E-state index contributed by atoms with van der Waals surface area (Å²) in [4.78, 5) is 11.5. The molecule has 2 aromatic carbocycles. The normalized spacial score (nSPS) is 10.8. The van der Waals surface area contributed by atoms with Crippen molar-refractivity contribution in [2.75, 3.05) is 6.61 Å². The topological polar surface area (TPSA) is 46.5 Å². The number of ether oxygens (including phenoxy) is 1. The van der Waals surface area contributed by atoms with Gasteiger partial charge in [-0.15, -0.1) is 0 Å². The van der Waals surface area contributed by atoms with Gasteiger partial charge in [0.05, 0.1) is 6.61 Å². The van der Waals surface area contributed by atoms with E-state index in [-0.39, 0.29) is 11.7 Å². The molecule has 2 rings (SSSR count). The first-order chi connectivity index (χ1) is 10.7. The minimum atomic E-state index is -0.309. The number of hydrogen-bond donors (Lipinski definition) is 1. The SMILES string of the molecule is CCCCOC(=O)/C=C/c1ccc(-c2ccc(O)cc2)cc1. The molecule has 22 heavy (non-hydrogen) atoms. The van der Waals surface area contributed by atoms with Crippen LogP contribution in [-0.4, -0.2) is 17.7 Å². The Balaban J connectivity index is 1.97. The van der Waals surface area contributed by atoms with Gasteiger partial charge in [-0.05, 0) is 41.3 Å². The van der Waals surface area contributed by atoms with Gasteiger partial charge in [0.25, 0.3) is 0 Å². The number of esters is 1. The molecule has 0 saturated heterocycles. The van der Waals surface area contributed by atoms with Gasteiger partial charge in [-0.3, -0.25) is 0 Å². The summed E-state index contributed by atoms with van der Waals surface area (Å²) < 4.78 is 5.06. The average molecular weight is 296 g/mol. The Morgan fingerprint density at radius 1 is 1.05 bits per heavy atom. The lowest BCUT2D eigenvalue weighted by Crippen LogP contribution is -2.01. The lowest BCUT2D eigenvalue weighted by molar-refractivity contribution is -0.137. The van der Waals surface area contributed by atoms with E-state index < -0.39 is 0 Å². The van der Waals surface area contributed by atoms with E-state index in [1.54, 1.807) is 18.2 Å². The first kappa shape index (κ1) is 15.8. The third kappa shape index (κ3) is 4.77. The third-order valence-corrected chi connectivity index (χ3v) is 3.27. The van der Waals surface area contributed by atoms with Crippen LogP contribution in [0.15, 0.2) is 54.6 Å². The van der Waals surface area contributed by atoms with Crippen molar-refractivity contribution < 1.29 is 14.6 Å². The van der Waals surface area contributed by atoms with E-state index in [2.05, 4.69) is 6.92 Å². The first-order valence-corrected chi connectivity index (χ1v) is 7.43. The second-order valence-corrected chi connectivity index (χ2v) is 5.02. The molecule has 0 amide bonds. The lowest BCUT2D eigenvalue weighted by atomic mass is 10.0. The van der Waals surface area contributed by atoms with Crippen LogP contribution in [0.1, 0.15) is 25.3 Å². The highest BCUT2D eigenvalue weighted by molar-refractivity contribution is 5.87. The average Bonchev–Trinajstić information content (AvgIpc) is 2.54. The maximum Gasteiger partial charge on any atom is 0.330 e. The summed E-state index contributed by atoms with van der Waals surface area (Å²) >= 11 is 0. The number of benzene rings is 2. The zero-order valence-corrected chi connectivity index (χ0v) is 12.7. The molecule has 0 saturated carbocycles. The number of unbranched alkanes of at least 4 members (excludes halogenated alkanes) is 1. The molecule has 0 aromatic heterocycles. The first-order valence-electron chi connectivity index (χ1n) is 7.43. The molecule has 0 aliphatic heterocycles. The molecule has 2 aromatic rings. The van der Waals surface area contributed by atoms with Crippen molar-refractivity contribution in [1.82, 2.24) is 0 Å². The van der Waals surface area contributed by atoms with Crippen LogP contribution < -0.4 is 0 Å². The van der Waals surface area contributed by atoms with Crippen molar-refractivity contribution in [2.45, 2.75) is 19.8 Å². The maximum absolute atomic E-state index is 11.5. The Morgan fingerprint density at radius 3 is 2.23 bits per heavy atom. The van der Waals surface area contributed by atoms with E-state index in [1.165, 1.54) is 6.08 Å². The molecular weight excluding hydrogens is 276 g/mol. The number of carbonyl (C=O) groups is 1. The zero-order chi connectivity index (χ0) is 15.8. The van der Waals surface area contributed by atoms with Crippen LogP contribution in [0.2, 0.25) is 0 Å². The van der Waals surface area contributed by atoms with Gasteiger partial charge in [0.1, 0.15) is 5.75 Å². The van der Waals surface area contributed by atoms with Gasteiger partial charge in [-0.1, -0.05) is 49.7 Å². The summed E-state index contributed by atoms with van der Waals surface area (Å²) in [5, 5.41) is 9.29. The number of aromatic hydroxyl groups is 1. The van der Waals surface area contributed by atoms with Crippen molar-refractivity contribution in [3.8, 4) is 16.9 Å². The number of rotatable bonds is 6. The summed E-state index contributed by atoms with van der Waals surface area (Å²) in [7, 11) is 0. The smallest absolute Gasteiger partial charge is 0.330 e. The predicted octanol–water partition coefficient (Wildman–Crippen LogP) is 4.42. The highest BCUT2D eigenvalue weighted by Crippen LogP contribution is 2.22. The molecule has 114 valence electrons. The molecule has 0 fully saturated rings. The molecule has 0 bridgehead atoms. The van der Waals surface area contributed by atoms with Crippen LogP contribution >= 0.6 is 0 Å². The highest BCUT2D eigenvalue weighted by atomic mass is 16.5. The van der Waals surface area contributed by atoms with E-state index >= 15 is 0 Å². The van der Waals surface area contributed by atoms with Gasteiger partial charge >= 0.3 is 5.97 Å². The Kier molecular flexibility index (Phi) is 5.78. The summed E-state index contributed by atoms with van der Waals surface area (Å²) in [5.41, 5.74) is 3.03. The monoisotopic (exact) mass is 296 g/mol. The maximum atomic E-state index is 11.5. The minimum Gasteiger partial charge on any atom is -0.508 e. The molecular formula is C19H20O3. The molecule has 0 aliphatic carbocycles. The van der Waals surface area contributed by atoms with E-state index in [4.69, 9.17) is 4.74 Å². The van der Waals surface area contributed by atoms with Gasteiger partial charge in [0.2, 0.25) is 0 Å². The van der Waals surface area contributed by atoms with Crippen molar-refractivity contribution in [3.05, 3.63) is 60.2 Å². The van der Waals surface area contributed by atoms with E-state index in [0.717, 1.165) is 29.5 Å². The number of carbonyl (C=O) groups excluding carboxylic acids is 1. The van der Waals surface area contributed by atoms with E-state index in [9.17, 15) is 9.90 Å². The Hall–Kier alpha value is -2.55. The van der Waals surface area contributed by atoms with Crippen LogP contribution in [0.4, 0.5) is 0 Å². The second kappa shape index (κ2) is 8.03. The Bertz CT molecular complexity index is 625.